The molecule has 1 fully saturated rings. The Morgan fingerprint density at radius 1 is 1.04 bits per heavy atom. The molecule has 0 unspecified atom stereocenters. The molecule has 0 radical (unpaired) electrons. The van der Waals surface area contributed by atoms with Crippen LogP contribution in [-0.2, 0) is 6.42 Å². The van der Waals surface area contributed by atoms with Crippen molar-refractivity contribution in [2.75, 3.05) is 29.9 Å². The summed E-state index contributed by atoms with van der Waals surface area (Å²) in [5, 5.41) is 4.14. The Morgan fingerprint density at radius 3 is 2.46 bits per heavy atom. The number of hydrogen-bond donors (Lipinski definition) is 1. The summed E-state index contributed by atoms with van der Waals surface area (Å²) in [6.45, 7) is 5.04. The summed E-state index contributed by atoms with van der Waals surface area (Å²) < 4.78 is 0. The number of anilines is 2. The number of rotatable bonds is 5. The number of hydrogen-bond acceptors (Lipinski definition) is 4. The molecule has 0 aliphatic carbocycles. The van der Waals surface area contributed by atoms with Gasteiger partial charge >= 0.3 is 0 Å². The topological polar surface area (TPSA) is 41.1 Å². The summed E-state index contributed by atoms with van der Waals surface area (Å²) in [6.07, 6.45) is 6.08. The lowest BCUT2D eigenvalue weighted by Crippen LogP contribution is -2.25. The van der Waals surface area contributed by atoms with Crippen LogP contribution in [0.3, 0.4) is 0 Å². The quantitative estimate of drug-likeness (QED) is 0.868. The van der Waals surface area contributed by atoms with Gasteiger partial charge in [0.15, 0.2) is 0 Å². The molecule has 1 N–H and O–H groups in total. The first kappa shape index (κ1) is 17.0. The molecular formula is C19H25ClN4. The summed E-state index contributed by atoms with van der Waals surface area (Å²) >= 11 is 5.92. The van der Waals surface area contributed by atoms with Gasteiger partial charge in [0.1, 0.15) is 5.82 Å². The average Bonchev–Trinajstić information content (AvgIpc) is 2.86. The lowest BCUT2D eigenvalue weighted by molar-refractivity contribution is 0.726. The summed E-state index contributed by atoms with van der Waals surface area (Å²) in [6, 6.07) is 10.1. The van der Waals surface area contributed by atoms with Crippen LogP contribution < -0.4 is 10.2 Å². The average molecular weight is 345 g/mol. The number of halogens is 1. The van der Waals surface area contributed by atoms with E-state index in [1.54, 1.807) is 0 Å². The van der Waals surface area contributed by atoms with Crippen LogP contribution in [0.1, 0.15) is 36.9 Å². The molecule has 3 rings (SSSR count). The fourth-order valence-electron chi connectivity index (χ4n) is 3.06. The monoisotopic (exact) mass is 344 g/mol. The van der Waals surface area contributed by atoms with Crippen molar-refractivity contribution in [1.82, 2.24) is 9.97 Å². The normalized spacial score (nSPS) is 15.2. The summed E-state index contributed by atoms with van der Waals surface area (Å²) in [5.74, 6) is 1.78. The van der Waals surface area contributed by atoms with Crippen molar-refractivity contribution in [2.45, 2.75) is 39.0 Å². The predicted molar refractivity (Wildman–Crippen MR) is 101 cm³/mol. The molecule has 1 aromatic carbocycles. The highest BCUT2D eigenvalue weighted by molar-refractivity contribution is 6.30. The van der Waals surface area contributed by atoms with Crippen molar-refractivity contribution in [3.05, 3.63) is 46.6 Å². The van der Waals surface area contributed by atoms with Crippen LogP contribution in [0, 0.1) is 6.92 Å². The standard InChI is InChI=1S/C19H25ClN4/c1-15-14-18(24-12-4-2-3-5-13-24)23-19(22-15)21-11-10-16-6-8-17(20)9-7-16/h6-9,14H,2-5,10-13H2,1H3,(H,21,22,23). The van der Waals surface area contributed by atoms with Crippen LogP contribution in [0.2, 0.25) is 5.02 Å². The van der Waals surface area contributed by atoms with Crippen molar-refractivity contribution in [2.24, 2.45) is 0 Å². The first-order chi connectivity index (χ1) is 11.7. The maximum Gasteiger partial charge on any atom is 0.224 e. The van der Waals surface area contributed by atoms with Crippen molar-refractivity contribution >= 4 is 23.4 Å². The molecule has 5 heteroatoms. The number of benzene rings is 1. The molecule has 2 aromatic rings. The van der Waals surface area contributed by atoms with E-state index in [-0.39, 0.29) is 0 Å². The number of nitrogens with one attached hydrogen (secondary N) is 1. The minimum absolute atomic E-state index is 0.725. The fourth-order valence-corrected chi connectivity index (χ4v) is 3.19. The van der Waals surface area contributed by atoms with E-state index < -0.39 is 0 Å². The van der Waals surface area contributed by atoms with Gasteiger partial charge in [-0.05, 0) is 43.9 Å². The van der Waals surface area contributed by atoms with Gasteiger partial charge in [0.05, 0.1) is 0 Å². The highest BCUT2D eigenvalue weighted by atomic mass is 35.5. The maximum atomic E-state index is 5.92. The maximum absolute atomic E-state index is 5.92. The highest BCUT2D eigenvalue weighted by Crippen LogP contribution is 2.19. The van der Waals surface area contributed by atoms with E-state index in [1.807, 2.05) is 19.1 Å². The molecule has 24 heavy (non-hydrogen) atoms. The van der Waals surface area contributed by atoms with E-state index in [9.17, 15) is 0 Å². The molecule has 128 valence electrons. The zero-order chi connectivity index (χ0) is 16.8. The molecule has 0 saturated carbocycles. The third kappa shape index (κ3) is 4.84. The smallest absolute Gasteiger partial charge is 0.224 e. The summed E-state index contributed by atoms with van der Waals surface area (Å²) in [7, 11) is 0. The van der Waals surface area contributed by atoms with Gasteiger partial charge in [0, 0.05) is 36.4 Å². The second-order valence-corrected chi connectivity index (χ2v) is 6.83. The third-order valence-electron chi connectivity index (χ3n) is 4.38. The third-order valence-corrected chi connectivity index (χ3v) is 4.63. The predicted octanol–water partition coefficient (Wildman–Crippen LogP) is 4.47. The molecule has 1 aromatic heterocycles. The first-order valence-electron chi connectivity index (χ1n) is 8.80. The Labute approximate surface area is 149 Å². The second-order valence-electron chi connectivity index (χ2n) is 6.40. The Hall–Kier alpha value is -1.81. The van der Waals surface area contributed by atoms with Crippen LogP contribution >= 0.6 is 11.6 Å². The van der Waals surface area contributed by atoms with Gasteiger partial charge in [-0.25, -0.2) is 4.98 Å². The van der Waals surface area contributed by atoms with E-state index in [4.69, 9.17) is 16.6 Å². The van der Waals surface area contributed by atoms with Crippen molar-refractivity contribution in [3.8, 4) is 0 Å². The van der Waals surface area contributed by atoms with Crippen molar-refractivity contribution in [1.29, 1.82) is 0 Å². The minimum atomic E-state index is 0.725. The Morgan fingerprint density at radius 2 is 1.75 bits per heavy atom. The lowest BCUT2D eigenvalue weighted by Gasteiger charge is -2.22. The van der Waals surface area contributed by atoms with Crippen LogP contribution in [0.15, 0.2) is 30.3 Å². The molecular weight excluding hydrogens is 320 g/mol. The highest BCUT2D eigenvalue weighted by Gasteiger charge is 2.12. The molecule has 2 heterocycles. The van der Waals surface area contributed by atoms with E-state index in [2.05, 4.69) is 33.4 Å². The second kappa shape index (κ2) is 8.34. The largest absolute Gasteiger partial charge is 0.356 e. The Kier molecular flexibility index (Phi) is 5.91. The van der Waals surface area contributed by atoms with E-state index in [1.165, 1.54) is 31.2 Å². The summed E-state index contributed by atoms with van der Waals surface area (Å²) in [4.78, 5) is 11.6. The van der Waals surface area contributed by atoms with Gasteiger partial charge in [0.2, 0.25) is 5.95 Å². The first-order valence-corrected chi connectivity index (χ1v) is 9.17. The molecule has 1 aliphatic rings. The van der Waals surface area contributed by atoms with E-state index >= 15 is 0 Å². The van der Waals surface area contributed by atoms with Gasteiger partial charge in [-0.15, -0.1) is 0 Å². The van der Waals surface area contributed by atoms with Crippen LogP contribution in [0.25, 0.3) is 0 Å². The van der Waals surface area contributed by atoms with Gasteiger partial charge in [-0.3, -0.25) is 0 Å². The van der Waals surface area contributed by atoms with E-state index in [0.29, 0.717) is 0 Å². The zero-order valence-electron chi connectivity index (χ0n) is 14.3. The minimum Gasteiger partial charge on any atom is -0.356 e. The fraction of sp³-hybridized carbons (Fsp3) is 0.474. The number of nitrogens with zero attached hydrogens (tertiary/aromatic N) is 3. The molecule has 1 saturated heterocycles. The van der Waals surface area contributed by atoms with Crippen molar-refractivity contribution < 1.29 is 0 Å². The van der Waals surface area contributed by atoms with Gasteiger partial charge < -0.3 is 10.2 Å². The zero-order valence-corrected chi connectivity index (χ0v) is 15.0. The van der Waals surface area contributed by atoms with Gasteiger partial charge in [0.25, 0.3) is 0 Å². The van der Waals surface area contributed by atoms with Crippen molar-refractivity contribution in [3.63, 3.8) is 0 Å². The molecule has 0 amide bonds. The number of aromatic nitrogens is 2. The lowest BCUT2D eigenvalue weighted by atomic mass is 10.1. The molecule has 4 nitrogen and oxygen atoms in total. The Balaban J connectivity index is 1.61. The Bertz CT molecular complexity index is 649. The van der Waals surface area contributed by atoms with Crippen LogP contribution in [0.5, 0.6) is 0 Å². The molecule has 1 aliphatic heterocycles. The number of aryl methyl sites for hydroxylation is 1. The van der Waals surface area contributed by atoms with Crippen LogP contribution in [-0.4, -0.2) is 29.6 Å². The molecule has 0 atom stereocenters. The molecule has 0 spiro atoms. The summed E-state index contributed by atoms with van der Waals surface area (Å²) in [5.41, 5.74) is 2.27. The van der Waals surface area contributed by atoms with Crippen LogP contribution in [0.4, 0.5) is 11.8 Å². The SMILES string of the molecule is Cc1cc(N2CCCCCC2)nc(NCCc2ccc(Cl)cc2)n1. The van der Waals surface area contributed by atoms with Gasteiger partial charge in [-0.2, -0.15) is 4.98 Å². The molecule has 0 bridgehead atoms. The van der Waals surface area contributed by atoms with E-state index in [0.717, 1.165) is 48.5 Å². The van der Waals surface area contributed by atoms with Gasteiger partial charge in [-0.1, -0.05) is 36.6 Å².